The molecule has 1 aliphatic rings. The largest absolute Gasteiger partial charge is 0.444 e. The molecular formula is C21H31FIN5O. The molecule has 0 saturated carbocycles. The van der Waals surface area contributed by atoms with Crippen LogP contribution in [0.5, 0.6) is 0 Å². The summed E-state index contributed by atoms with van der Waals surface area (Å²) in [5, 5.41) is 6.88. The number of rotatable bonds is 7. The molecular weight excluding hydrogens is 484 g/mol. The van der Waals surface area contributed by atoms with Crippen molar-refractivity contribution >= 4 is 29.9 Å². The highest BCUT2D eigenvalue weighted by Crippen LogP contribution is 2.19. The fourth-order valence-electron chi connectivity index (χ4n) is 3.46. The molecule has 1 aliphatic heterocycles. The van der Waals surface area contributed by atoms with E-state index in [4.69, 9.17) is 4.42 Å². The lowest BCUT2D eigenvalue weighted by atomic mass is 10.1. The molecule has 0 bridgehead atoms. The van der Waals surface area contributed by atoms with Crippen LogP contribution < -0.4 is 10.6 Å². The fraction of sp³-hybridized carbons (Fsp3) is 0.524. The second-order valence-corrected chi connectivity index (χ2v) is 7.16. The molecule has 2 heterocycles. The van der Waals surface area contributed by atoms with E-state index >= 15 is 0 Å². The fourth-order valence-corrected chi connectivity index (χ4v) is 3.46. The van der Waals surface area contributed by atoms with Crippen LogP contribution in [-0.2, 0) is 6.42 Å². The molecule has 0 atom stereocenters. The van der Waals surface area contributed by atoms with E-state index in [1.165, 1.54) is 25.1 Å². The summed E-state index contributed by atoms with van der Waals surface area (Å²) in [5.41, 5.74) is 1.63. The Kier molecular flexibility index (Phi) is 9.86. The van der Waals surface area contributed by atoms with Gasteiger partial charge in [0.05, 0.1) is 5.69 Å². The van der Waals surface area contributed by atoms with Crippen molar-refractivity contribution in [3.05, 3.63) is 42.0 Å². The third kappa shape index (κ3) is 7.26. The molecule has 1 saturated heterocycles. The highest BCUT2D eigenvalue weighted by atomic mass is 127. The smallest absolute Gasteiger partial charge is 0.226 e. The molecule has 160 valence electrons. The minimum atomic E-state index is -0.269. The zero-order valence-corrected chi connectivity index (χ0v) is 19.5. The zero-order valence-electron chi connectivity index (χ0n) is 17.2. The Morgan fingerprint density at radius 1 is 1.28 bits per heavy atom. The lowest BCUT2D eigenvalue weighted by Gasteiger charge is -2.32. The van der Waals surface area contributed by atoms with Crippen LogP contribution in [0.3, 0.4) is 0 Å². The second-order valence-electron chi connectivity index (χ2n) is 7.16. The van der Waals surface area contributed by atoms with Crippen LogP contribution >= 0.6 is 24.0 Å². The van der Waals surface area contributed by atoms with Gasteiger partial charge in [0.25, 0.3) is 0 Å². The Labute approximate surface area is 189 Å². The molecule has 0 unspecified atom stereocenters. The number of nitrogens with zero attached hydrogens (tertiary/aromatic N) is 3. The van der Waals surface area contributed by atoms with Crippen LogP contribution in [0.1, 0.15) is 31.9 Å². The van der Waals surface area contributed by atoms with Gasteiger partial charge in [0.2, 0.25) is 5.89 Å². The van der Waals surface area contributed by atoms with Crippen molar-refractivity contribution in [1.29, 1.82) is 0 Å². The molecule has 0 aliphatic carbocycles. The number of likely N-dealkylation sites (tertiary alicyclic amines) is 1. The van der Waals surface area contributed by atoms with Gasteiger partial charge in [-0.25, -0.2) is 9.37 Å². The van der Waals surface area contributed by atoms with Crippen molar-refractivity contribution in [3.63, 3.8) is 0 Å². The topological polar surface area (TPSA) is 65.7 Å². The molecule has 0 amide bonds. The number of guanidine groups is 1. The molecule has 1 aromatic heterocycles. The third-order valence-electron chi connectivity index (χ3n) is 5.01. The van der Waals surface area contributed by atoms with Crippen LogP contribution in [0.2, 0.25) is 0 Å². The predicted octanol–water partition coefficient (Wildman–Crippen LogP) is 3.68. The number of aromatic nitrogens is 1. The SMILES string of the molecule is CCCN1CCC(NC(=NC)NCCc2coc(-c3ccc(F)cc3)n2)CC1.I. The molecule has 0 spiro atoms. The van der Waals surface area contributed by atoms with Gasteiger partial charge in [-0.15, -0.1) is 24.0 Å². The van der Waals surface area contributed by atoms with Gasteiger partial charge < -0.3 is 20.0 Å². The van der Waals surface area contributed by atoms with Gasteiger partial charge in [-0.3, -0.25) is 4.99 Å². The Morgan fingerprint density at radius 3 is 2.66 bits per heavy atom. The van der Waals surface area contributed by atoms with E-state index in [9.17, 15) is 4.39 Å². The minimum absolute atomic E-state index is 0. The van der Waals surface area contributed by atoms with Gasteiger partial charge in [-0.1, -0.05) is 6.92 Å². The van der Waals surface area contributed by atoms with Gasteiger partial charge in [0, 0.05) is 44.7 Å². The van der Waals surface area contributed by atoms with Crippen LogP contribution in [0.4, 0.5) is 4.39 Å². The highest BCUT2D eigenvalue weighted by molar-refractivity contribution is 14.0. The average Bonchev–Trinajstić information content (AvgIpc) is 3.18. The summed E-state index contributed by atoms with van der Waals surface area (Å²) in [6.45, 7) is 6.43. The van der Waals surface area contributed by atoms with Crippen molar-refractivity contribution in [3.8, 4) is 11.5 Å². The van der Waals surface area contributed by atoms with E-state index in [0.717, 1.165) is 49.6 Å². The molecule has 8 heteroatoms. The molecule has 1 fully saturated rings. The lowest BCUT2D eigenvalue weighted by molar-refractivity contribution is 0.206. The Hall–Kier alpha value is -1.68. The number of benzene rings is 1. The van der Waals surface area contributed by atoms with Crippen LogP contribution in [0.15, 0.2) is 39.9 Å². The number of halogens is 2. The van der Waals surface area contributed by atoms with Crippen LogP contribution in [0, 0.1) is 5.82 Å². The summed E-state index contributed by atoms with van der Waals surface area (Å²) in [6, 6.07) is 6.62. The number of piperidine rings is 1. The van der Waals surface area contributed by atoms with Crippen molar-refractivity contribution in [2.75, 3.05) is 33.2 Å². The first kappa shape index (κ1) is 23.6. The van der Waals surface area contributed by atoms with Crippen molar-refractivity contribution in [2.45, 2.75) is 38.6 Å². The quantitative estimate of drug-likeness (QED) is 0.335. The second kappa shape index (κ2) is 12.1. The predicted molar refractivity (Wildman–Crippen MR) is 125 cm³/mol. The van der Waals surface area contributed by atoms with E-state index in [1.807, 2.05) is 0 Å². The molecule has 3 rings (SSSR count). The summed E-state index contributed by atoms with van der Waals surface area (Å²) < 4.78 is 18.5. The van der Waals surface area contributed by atoms with Crippen LogP contribution in [0.25, 0.3) is 11.5 Å². The normalized spacial score (nSPS) is 15.8. The van der Waals surface area contributed by atoms with Crippen LogP contribution in [-0.4, -0.2) is 55.1 Å². The maximum absolute atomic E-state index is 13.0. The minimum Gasteiger partial charge on any atom is -0.444 e. The molecule has 2 N–H and O–H groups in total. The monoisotopic (exact) mass is 515 g/mol. The van der Waals surface area contributed by atoms with E-state index < -0.39 is 0 Å². The molecule has 29 heavy (non-hydrogen) atoms. The van der Waals surface area contributed by atoms with Gasteiger partial charge >= 0.3 is 0 Å². The zero-order chi connectivity index (χ0) is 19.8. The first-order chi connectivity index (χ1) is 13.7. The Bertz CT molecular complexity index is 757. The summed E-state index contributed by atoms with van der Waals surface area (Å²) in [5.74, 6) is 1.07. The van der Waals surface area contributed by atoms with Gasteiger partial charge in [0.15, 0.2) is 5.96 Å². The number of oxazole rings is 1. The summed E-state index contributed by atoms with van der Waals surface area (Å²) in [7, 11) is 1.80. The van der Waals surface area contributed by atoms with E-state index in [-0.39, 0.29) is 29.8 Å². The van der Waals surface area contributed by atoms with E-state index in [1.54, 1.807) is 25.4 Å². The summed E-state index contributed by atoms with van der Waals surface area (Å²) >= 11 is 0. The molecule has 1 aromatic carbocycles. The van der Waals surface area contributed by atoms with Crippen molar-refractivity contribution in [1.82, 2.24) is 20.5 Å². The van der Waals surface area contributed by atoms with Crippen molar-refractivity contribution in [2.24, 2.45) is 4.99 Å². The number of hydrogen-bond acceptors (Lipinski definition) is 4. The first-order valence-electron chi connectivity index (χ1n) is 10.1. The number of aliphatic imine (C=N–C) groups is 1. The summed E-state index contributed by atoms with van der Waals surface area (Å²) in [4.78, 5) is 11.3. The Balaban J connectivity index is 0.00000300. The van der Waals surface area contributed by atoms with Gasteiger partial charge in [0.1, 0.15) is 12.1 Å². The van der Waals surface area contributed by atoms with E-state index in [2.05, 4.69) is 32.4 Å². The molecule has 6 nitrogen and oxygen atoms in total. The first-order valence-corrected chi connectivity index (χ1v) is 10.1. The van der Waals surface area contributed by atoms with Gasteiger partial charge in [-0.05, 0) is 50.1 Å². The number of nitrogens with one attached hydrogen (secondary N) is 2. The third-order valence-corrected chi connectivity index (χ3v) is 5.01. The Morgan fingerprint density at radius 2 is 2.00 bits per heavy atom. The van der Waals surface area contributed by atoms with Gasteiger partial charge in [-0.2, -0.15) is 0 Å². The maximum atomic E-state index is 13.0. The molecule has 0 radical (unpaired) electrons. The molecule has 2 aromatic rings. The highest BCUT2D eigenvalue weighted by Gasteiger charge is 2.19. The van der Waals surface area contributed by atoms with Crippen molar-refractivity contribution < 1.29 is 8.81 Å². The van der Waals surface area contributed by atoms with E-state index in [0.29, 0.717) is 18.5 Å². The summed E-state index contributed by atoms with van der Waals surface area (Å²) in [6.07, 6.45) is 5.88. The lowest BCUT2D eigenvalue weighted by Crippen LogP contribution is -2.49. The standard InChI is InChI=1S/C21H30FN5O.HI/c1-3-12-27-13-9-18(10-14-27)26-21(23-2)24-11-8-19-15-28-20(25-19)16-4-6-17(22)7-5-16;/h4-7,15,18H,3,8-14H2,1-2H3,(H2,23,24,26);1H. The maximum Gasteiger partial charge on any atom is 0.226 e. The average molecular weight is 515 g/mol. The number of hydrogen-bond donors (Lipinski definition) is 2.